The largest absolute Gasteiger partial charge is 0.396 e. The van der Waals surface area contributed by atoms with E-state index in [4.69, 9.17) is 10.3 Å². The van der Waals surface area contributed by atoms with E-state index in [1.807, 2.05) is 37.9 Å². The van der Waals surface area contributed by atoms with Crippen LogP contribution in [0, 0.1) is 13.8 Å². The number of aryl methyl sites for hydroxylation is 2. The Kier molecular flexibility index (Phi) is 5.07. The van der Waals surface area contributed by atoms with Crippen molar-refractivity contribution in [3.63, 3.8) is 0 Å². The Morgan fingerprint density at radius 3 is 2.78 bits per heavy atom. The minimum atomic E-state index is 0.650. The molecule has 0 saturated carbocycles. The van der Waals surface area contributed by atoms with Crippen LogP contribution in [-0.4, -0.2) is 52.7 Å². The maximum Gasteiger partial charge on any atom is 0.149 e. The number of thioether (sulfide) groups is 1. The van der Waals surface area contributed by atoms with Gasteiger partial charge < -0.3 is 15.6 Å². The molecular weight excluding hydrogens is 310 g/mol. The van der Waals surface area contributed by atoms with Gasteiger partial charge in [0.1, 0.15) is 11.6 Å². The molecule has 0 radical (unpaired) electrons. The van der Waals surface area contributed by atoms with E-state index >= 15 is 0 Å². The lowest BCUT2D eigenvalue weighted by Gasteiger charge is -2.26. The van der Waals surface area contributed by atoms with E-state index in [2.05, 4.69) is 20.4 Å². The predicted molar refractivity (Wildman–Crippen MR) is 95.9 cm³/mol. The van der Waals surface area contributed by atoms with Gasteiger partial charge in [-0.05, 0) is 19.9 Å². The van der Waals surface area contributed by atoms with Gasteiger partial charge in [0.2, 0.25) is 0 Å². The first-order chi connectivity index (χ1) is 11.1. The highest BCUT2D eigenvalue weighted by Crippen LogP contribution is 2.29. The molecule has 6 nitrogen and oxygen atoms in total. The Hall–Kier alpha value is -1.73. The van der Waals surface area contributed by atoms with E-state index in [-0.39, 0.29) is 0 Å². The minimum Gasteiger partial charge on any atom is -0.396 e. The minimum absolute atomic E-state index is 0.650. The Balaban J connectivity index is 1.63. The van der Waals surface area contributed by atoms with Gasteiger partial charge in [0, 0.05) is 55.0 Å². The number of nitrogens with zero attached hydrogens (tertiary/aromatic N) is 3. The number of anilines is 2. The van der Waals surface area contributed by atoms with E-state index < -0.39 is 0 Å². The molecule has 7 heteroatoms. The monoisotopic (exact) mass is 333 g/mol. The lowest BCUT2D eigenvalue weighted by Crippen LogP contribution is -2.36. The summed E-state index contributed by atoms with van der Waals surface area (Å²) >= 11 is 2.03. The molecule has 1 aliphatic heterocycles. The quantitative estimate of drug-likeness (QED) is 0.869. The van der Waals surface area contributed by atoms with Crippen LogP contribution in [0.15, 0.2) is 16.8 Å². The molecule has 0 aliphatic carbocycles. The Morgan fingerprint density at radius 1 is 1.35 bits per heavy atom. The van der Waals surface area contributed by atoms with Crippen molar-refractivity contribution in [2.75, 3.05) is 48.7 Å². The van der Waals surface area contributed by atoms with Crippen LogP contribution in [0.3, 0.4) is 0 Å². The van der Waals surface area contributed by atoms with Gasteiger partial charge in [-0.3, -0.25) is 4.90 Å². The summed E-state index contributed by atoms with van der Waals surface area (Å²) in [5, 5.41) is 7.32. The smallest absolute Gasteiger partial charge is 0.149 e. The molecule has 1 aliphatic rings. The van der Waals surface area contributed by atoms with E-state index in [1.54, 1.807) is 0 Å². The van der Waals surface area contributed by atoms with Crippen molar-refractivity contribution in [2.24, 2.45) is 0 Å². The van der Waals surface area contributed by atoms with Gasteiger partial charge in [0.15, 0.2) is 0 Å². The van der Waals surface area contributed by atoms with E-state index in [1.165, 1.54) is 24.6 Å². The number of nitrogens with two attached hydrogens (primary N) is 1. The zero-order valence-corrected chi connectivity index (χ0v) is 14.4. The molecule has 3 N–H and O–H groups in total. The fourth-order valence-electron chi connectivity index (χ4n) is 2.82. The van der Waals surface area contributed by atoms with Crippen LogP contribution in [-0.2, 0) is 0 Å². The highest BCUT2D eigenvalue weighted by Gasteiger charge is 2.14. The fraction of sp³-hybridized carbons (Fsp3) is 0.500. The summed E-state index contributed by atoms with van der Waals surface area (Å²) in [5.41, 5.74) is 9.57. The van der Waals surface area contributed by atoms with Crippen LogP contribution in [0.2, 0.25) is 0 Å². The van der Waals surface area contributed by atoms with Gasteiger partial charge in [-0.2, -0.15) is 11.8 Å². The number of nitrogen functional groups attached to an aromatic ring is 1. The molecule has 0 spiro atoms. The maximum absolute atomic E-state index is 6.15. The molecule has 3 heterocycles. The molecule has 124 valence electrons. The van der Waals surface area contributed by atoms with Crippen molar-refractivity contribution in [2.45, 2.75) is 13.8 Å². The maximum atomic E-state index is 6.15. The number of hydrogen-bond donors (Lipinski definition) is 2. The van der Waals surface area contributed by atoms with E-state index in [0.29, 0.717) is 5.69 Å². The molecule has 0 amide bonds. The standard InChI is InChI=1S/C16H23N5OS/c1-11-15(12(2)22-20-11)13-9-14(17)16(19-10-13)18-3-4-21-5-7-23-8-6-21/h9-10H,3-8,17H2,1-2H3,(H,18,19). The number of pyridine rings is 1. The number of rotatable bonds is 5. The number of aromatic nitrogens is 2. The zero-order chi connectivity index (χ0) is 16.2. The molecule has 1 fully saturated rings. The van der Waals surface area contributed by atoms with Gasteiger partial charge in [-0.15, -0.1) is 0 Å². The second-order valence-corrected chi connectivity index (χ2v) is 6.97. The summed E-state index contributed by atoms with van der Waals surface area (Å²) < 4.78 is 5.21. The lowest BCUT2D eigenvalue weighted by atomic mass is 10.1. The topological polar surface area (TPSA) is 80.2 Å². The van der Waals surface area contributed by atoms with Crippen LogP contribution >= 0.6 is 11.8 Å². The van der Waals surface area contributed by atoms with E-state index in [9.17, 15) is 0 Å². The van der Waals surface area contributed by atoms with Gasteiger partial charge in [0.25, 0.3) is 0 Å². The van der Waals surface area contributed by atoms with Crippen molar-refractivity contribution in [3.05, 3.63) is 23.7 Å². The first-order valence-electron chi connectivity index (χ1n) is 7.88. The van der Waals surface area contributed by atoms with E-state index in [0.717, 1.165) is 41.5 Å². The third-order valence-corrected chi connectivity index (χ3v) is 5.01. The predicted octanol–water partition coefficient (Wildman–Crippen LogP) is 2.40. The first-order valence-corrected chi connectivity index (χ1v) is 9.03. The Morgan fingerprint density at radius 2 is 2.13 bits per heavy atom. The van der Waals surface area contributed by atoms with Crippen LogP contribution in [0.1, 0.15) is 11.5 Å². The van der Waals surface area contributed by atoms with Crippen molar-refractivity contribution < 1.29 is 4.52 Å². The summed E-state index contributed by atoms with van der Waals surface area (Å²) in [4.78, 5) is 6.94. The third kappa shape index (κ3) is 3.79. The van der Waals surface area contributed by atoms with Crippen LogP contribution in [0.5, 0.6) is 0 Å². The molecule has 0 unspecified atom stereocenters. The lowest BCUT2D eigenvalue weighted by molar-refractivity contribution is 0.314. The molecule has 2 aromatic rings. The summed E-state index contributed by atoms with van der Waals surface area (Å²) in [7, 11) is 0. The van der Waals surface area contributed by atoms with Gasteiger partial charge in [-0.25, -0.2) is 4.98 Å². The van der Waals surface area contributed by atoms with Crippen LogP contribution in [0.25, 0.3) is 11.1 Å². The molecule has 0 aromatic carbocycles. The molecule has 1 saturated heterocycles. The molecule has 3 rings (SSSR count). The highest BCUT2D eigenvalue weighted by molar-refractivity contribution is 7.99. The van der Waals surface area contributed by atoms with Crippen molar-refractivity contribution in [1.82, 2.24) is 15.0 Å². The number of hydrogen-bond acceptors (Lipinski definition) is 7. The first kappa shape index (κ1) is 16.1. The molecule has 2 aromatic heterocycles. The van der Waals surface area contributed by atoms with Crippen LogP contribution < -0.4 is 11.1 Å². The van der Waals surface area contributed by atoms with Crippen molar-refractivity contribution in [1.29, 1.82) is 0 Å². The van der Waals surface area contributed by atoms with Gasteiger partial charge in [0.05, 0.1) is 11.4 Å². The van der Waals surface area contributed by atoms with Crippen molar-refractivity contribution in [3.8, 4) is 11.1 Å². The summed E-state index contributed by atoms with van der Waals surface area (Å²) in [6.45, 7) is 8.03. The average molecular weight is 333 g/mol. The van der Waals surface area contributed by atoms with Gasteiger partial charge >= 0.3 is 0 Å². The summed E-state index contributed by atoms with van der Waals surface area (Å²) in [5.74, 6) is 3.98. The molecule has 0 bridgehead atoms. The second kappa shape index (κ2) is 7.23. The zero-order valence-electron chi connectivity index (χ0n) is 13.6. The summed E-state index contributed by atoms with van der Waals surface area (Å²) in [6.07, 6.45) is 1.82. The van der Waals surface area contributed by atoms with Crippen molar-refractivity contribution >= 4 is 23.3 Å². The molecule has 0 atom stereocenters. The fourth-order valence-corrected chi connectivity index (χ4v) is 3.80. The Labute approximate surface area is 140 Å². The SMILES string of the molecule is Cc1noc(C)c1-c1cnc(NCCN2CCSCC2)c(N)c1. The highest BCUT2D eigenvalue weighted by atomic mass is 32.2. The second-order valence-electron chi connectivity index (χ2n) is 5.74. The summed E-state index contributed by atoms with van der Waals surface area (Å²) in [6, 6.07) is 1.93. The third-order valence-electron chi connectivity index (χ3n) is 4.06. The normalized spacial score (nSPS) is 15.7. The molecular formula is C16H23N5OS. The van der Waals surface area contributed by atoms with Crippen LogP contribution in [0.4, 0.5) is 11.5 Å². The molecule has 23 heavy (non-hydrogen) atoms. The Bertz CT molecular complexity index is 647. The number of nitrogens with one attached hydrogen (secondary N) is 1. The van der Waals surface area contributed by atoms with Gasteiger partial charge in [-0.1, -0.05) is 5.16 Å². The average Bonchev–Trinajstić information content (AvgIpc) is 2.89.